The first-order valence-electron chi connectivity index (χ1n) is 6.53. The van der Waals surface area contributed by atoms with Gasteiger partial charge in [0.15, 0.2) is 0 Å². The number of hydrogen-bond donors (Lipinski definition) is 1. The lowest BCUT2D eigenvalue weighted by molar-refractivity contribution is 0.0698. The average Bonchev–Trinajstić information content (AvgIpc) is 2.88. The number of nitrogens with zero attached hydrogens (tertiary/aromatic N) is 2. The first kappa shape index (κ1) is 19.6. The number of aromatic nitrogens is 1. The number of thiazole rings is 1. The van der Waals surface area contributed by atoms with E-state index < -0.39 is 0 Å². The van der Waals surface area contributed by atoms with Crippen LogP contribution in [0.1, 0.15) is 48.1 Å². The molecule has 1 aliphatic heterocycles. The van der Waals surface area contributed by atoms with E-state index in [1.807, 2.05) is 17.3 Å². The Labute approximate surface area is 137 Å². The Morgan fingerprint density at radius 3 is 2.50 bits per heavy atom. The molecule has 0 aliphatic carbocycles. The van der Waals surface area contributed by atoms with Crippen LogP contribution in [0.5, 0.6) is 0 Å². The Morgan fingerprint density at radius 2 is 2.00 bits per heavy atom. The summed E-state index contributed by atoms with van der Waals surface area (Å²) >= 11 is 1.58. The number of halogens is 2. The molecule has 1 amide bonds. The fourth-order valence-corrected chi connectivity index (χ4v) is 3.00. The van der Waals surface area contributed by atoms with Crippen LogP contribution in [0, 0.1) is 0 Å². The van der Waals surface area contributed by atoms with E-state index in [0.29, 0.717) is 17.7 Å². The first-order valence-corrected chi connectivity index (χ1v) is 7.41. The van der Waals surface area contributed by atoms with Crippen molar-refractivity contribution in [3.63, 3.8) is 0 Å². The summed E-state index contributed by atoms with van der Waals surface area (Å²) in [4.78, 5) is 18.6. The van der Waals surface area contributed by atoms with E-state index >= 15 is 0 Å². The van der Waals surface area contributed by atoms with E-state index in [9.17, 15) is 4.79 Å². The monoisotopic (exact) mass is 339 g/mol. The third-order valence-corrected chi connectivity index (χ3v) is 4.56. The molecule has 1 saturated heterocycles. The smallest absolute Gasteiger partial charge is 0.273 e. The zero-order valence-corrected chi connectivity index (χ0v) is 14.5. The van der Waals surface area contributed by atoms with E-state index in [-0.39, 0.29) is 30.7 Å². The van der Waals surface area contributed by atoms with Crippen molar-refractivity contribution in [2.75, 3.05) is 20.1 Å². The number of hydrogen-bond acceptors (Lipinski definition) is 4. The van der Waals surface area contributed by atoms with Crippen molar-refractivity contribution in [3.05, 3.63) is 16.1 Å². The highest BCUT2D eigenvalue weighted by Crippen LogP contribution is 2.21. The van der Waals surface area contributed by atoms with E-state index in [2.05, 4.69) is 24.1 Å². The van der Waals surface area contributed by atoms with Crippen LogP contribution in [0.2, 0.25) is 0 Å². The molecule has 1 aliphatic rings. The topological polar surface area (TPSA) is 45.2 Å². The second-order valence-electron chi connectivity index (χ2n) is 5.12. The first-order chi connectivity index (χ1) is 8.59. The van der Waals surface area contributed by atoms with Crippen LogP contribution in [0.15, 0.2) is 5.38 Å². The molecule has 0 bridgehead atoms. The van der Waals surface area contributed by atoms with Crippen molar-refractivity contribution in [2.45, 2.75) is 38.6 Å². The van der Waals surface area contributed by atoms with Gasteiger partial charge in [-0.25, -0.2) is 4.98 Å². The maximum Gasteiger partial charge on any atom is 0.273 e. The van der Waals surface area contributed by atoms with Crippen molar-refractivity contribution in [2.24, 2.45) is 0 Å². The SMILES string of the molecule is CC(C)c1nc(C(=O)N(C)C2CCNCC2)cs1.Cl.Cl. The molecule has 0 unspecified atom stereocenters. The molecule has 1 N–H and O–H groups in total. The predicted octanol–water partition coefficient (Wildman–Crippen LogP) is 2.93. The number of carbonyl (C=O) groups is 1. The van der Waals surface area contributed by atoms with E-state index in [4.69, 9.17) is 0 Å². The van der Waals surface area contributed by atoms with Crippen LogP contribution in [0.25, 0.3) is 0 Å². The zero-order valence-electron chi connectivity index (χ0n) is 12.1. The highest BCUT2D eigenvalue weighted by molar-refractivity contribution is 7.09. The quantitative estimate of drug-likeness (QED) is 0.920. The summed E-state index contributed by atoms with van der Waals surface area (Å²) < 4.78 is 0. The van der Waals surface area contributed by atoms with E-state index in [1.54, 1.807) is 11.3 Å². The molecule has 1 aromatic rings. The summed E-state index contributed by atoms with van der Waals surface area (Å²) in [6.07, 6.45) is 2.06. The Kier molecular flexibility index (Phi) is 8.66. The molecular weight excluding hydrogens is 317 g/mol. The van der Waals surface area contributed by atoms with Crippen LogP contribution in [-0.4, -0.2) is 42.0 Å². The Morgan fingerprint density at radius 1 is 1.40 bits per heavy atom. The summed E-state index contributed by atoms with van der Waals surface area (Å²) in [5, 5.41) is 6.24. The number of nitrogens with one attached hydrogen (secondary N) is 1. The third kappa shape index (κ3) is 4.58. The van der Waals surface area contributed by atoms with Crippen LogP contribution in [0.4, 0.5) is 0 Å². The van der Waals surface area contributed by atoms with E-state index in [0.717, 1.165) is 30.9 Å². The Hall–Kier alpha value is -0.360. The van der Waals surface area contributed by atoms with Crippen LogP contribution in [-0.2, 0) is 0 Å². The minimum atomic E-state index is 0. The van der Waals surface area contributed by atoms with Gasteiger partial charge >= 0.3 is 0 Å². The van der Waals surface area contributed by atoms with Crippen LogP contribution in [0.3, 0.4) is 0 Å². The fraction of sp³-hybridized carbons (Fsp3) is 0.692. The largest absolute Gasteiger partial charge is 0.337 e. The minimum absolute atomic E-state index is 0. The summed E-state index contributed by atoms with van der Waals surface area (Å²) in [6.45, 7) is 6.19. The molecular formula is C13H23Cl2N3OS. The number of amides is 1. The van der Waals surface area contributed by atoms with Gasteiger partial charge in [-0.2, -0.15) is 0 Å². The van der Waals surface area contributed by atoms with Gasteiger partial charge < -0.3 is 10.2 Å². The summed E-state index contributed by atoms with van der Waals surface area (Å²) in [6, 6.07) is 0.350. The molecule has 0 aromatic carbocycles. The average molecular weight is 340 g/mol. The van der Waals surface area contributed by atoms with Gasteiger partial charge in [0.05, 0.1) is 5.01 Å². The maximum atomic E-state index is 12.3. The molecule has 2 rings (SSSR count). The standard InChI is InChI=1S/C13H21N3OS.2ClH/c1-9(2)12-15-11(8-18-12)13(17)16(3)10-4-6-14-7-5-10;;/h8-10,14H,4-7H2,1-3H3;2*1H. The molecule has 0 spiro atoms. The van der Waals surface area contributed by atoms with Crippen LogP contribution < -0.4 is 5.32 Å². The number of rotatable bonds is 3. The lowest BCUT2D eigenvalue weighted by atomic mass is 10.1. The van der Waals surface area contributed by atoms with Gasteiger partial charge in [0, 0.05) is 24.4 Å². The number of piperidine rings is 1. The normalized spacial score (nSPS) is 15.4. The molecule has 0 saturated carbocycles. The molecule has 116 valence electrons. The van der Waals surface area contributed by atoms with Crippen molar-refractivity contribution in [1.82, 2.24) is 15.2 Å². The summed E-state index contributed by atoms with van der Waals surface area (Å²) in [5.41, 5.74) is 0.602. The van der Waals surface area contributed by atoms with Gasteiger partial charge in [-0.05, 0) is 25.9 Å². The second-order valence-corrected chi connectivity index (χ2v) is 6.01. The van der Waals surface area contributed by atoms with Gasteiger partial charge in [0.25, 0.3) is 5.91 Å². The second kappa shape index (κ2) is 8.82. The molecule has 20 heavy (non-hydrogen) atoms. The van der Waals surface area contributed by atoms with Gasteiger partial charge in [0.2, 0.25) is 0 Å². The third-order valence-electron chi connectivity index (χ3n) is 3.41. The lowest BCUT2D eigenvalue weighted by Gasteiger charge is -2.31. The van der Waals surface area contributed by atoms with Crippen molar-refractivity contribution < 1.29 is 4.79 Å². The molecule has 1 aromatic heterocycles. The van der Waals surface area contributed by atoms with Gasteiger partial charge in [-0.1, -0.05) is 13.8 Å². The van der Waals surface area contributed by atoms with Gasteiger partial charge in [0.1, 0.15) is 5.69 Å². The van der Waals surface area contributed by atoms with Crippen molar-refractivity contribution in [3.8, 4) is 0 Å². The molecule has 7 heteroatoms. The summed E-state index contributed by atoms with van der Waals surface area (Å²) in [5.74, 6) is 0.450. The predicted molar refractivity (Wildman–Crippen MR) is 88.7 cm³/mol. The molecule has 1 fully saturated rings. The highest BCUT2D eigenvalue weighted by atomic mass is 35.5. The minimum Gasteiger partial charge on any atom is -0.337 e. The Balaban J connectivity index is 0.00000180. The molecule has 0 radical (unpaired) electrons. The lowest BCUT2D eigenvalue weighted by Crippen LogP contribution is -2.44. The Bertz CT molecular complexity index is 420. The van der Waals surface area contributed by atoms with Gasteiger partial charge in [-0.15, -0.1) is 36.2 Å². The van der Waals surface area contributed by atoms with Crippen molar-refractivity contribution >= 4 is 42.1 Å². The molecule has 0 atom stereocenters. The molecule has 4 nitrogen and oxygen atoms in total. The van der Waals surface area contributed by atoms with Gasteiger partial charge in [-0.3, -0.25) is 4.79 Å². The van der Waals surface area contributed by atoms with Crippen molar-refractivity contribution in [1.29, 1.82) is 0 Å². The highest BCUT2D eigenvalue weighted by Gasteiger charge is 2.24. The van der Waals surface area contributed by atoms with Crippen LogP contribution >= 0.6 is 36.2 Å². The van der Waals surface area contributed by atoms with E-state index in [1.165, 1.54) is 0 Å². The summed E-state index contributed by atoms with van der Waals surface area (Å²) in [7, 11) is 1.90. The zero-order chi connectivity index (χ0) is 13.1. The number of carbonyl (C=O) groups excluding carboxylic acids is 1. The maximum absolute atomic E-state index is 12.3. The fourth-order valence-electron chi connectivity index (χ4n) is 2.19. The molecule has 2 heterocycles.